The Labute approximate surface area is 68.6 Å². The topological polar surface area (TPSA) is 85.9 Å². The van der Waals surface area contributed by atoms with E-state index in [1.54, 1.807) is 0 Å². The Morgan fingerprint density at radius 1 is 1.50 bits per heavy atom. The van der Waals surface area contributed by atoms with Gasteiger partial charge in [0.15, 0.2) is 5.78 Å². The van der Waals surface area contributed by atoms with E-state index < -0.39 is 5.91 Å². The summed E-state index contributed by atoms with van der Waals surface area (Å²) in [6, 6.07) is 1.43. The Morgan fingerprint density at radius 3 is 2.67 bits per heavy atom. The fourth-order valence-corrected chi connectivity index (χ4v) is 0.673. The summed E-state index contributed by atoms with van der Waals surface area (Å²) in [5, 5.41) is 0. The number of rotatable bonds is 2. The van der Waals surface area contributed by atoms with E-state index >= 15 is 0 Å². The first-order valence-electron chi connectivity index (χ1n) is 3.25. The van der Waals surface area contributed by atoms with Crippen molar-refractivity contribution >= 4 is 11.7 Å². The molecule has 62 valence electrons. The number of nitrogens with two attached hydrogens (primary N) is 1. The number of hydrogen-bond donors (Lipinski definition) is 1. The fraction of sp³-hybridized carbons (Fsp3) is 0.143. The molecule has 1 rings (SSSR count). The van der Waals surface area contributed by atoms with Gasteiger partial charge in [0.2, 0.25) is 5.82 Å². The average Bonchev–Trinajstić information content (AvgIpc) is 2.04. The van der Waals surface area contributed by atoms with E-state index in [0.717, 1.165) is 0 Å². The second kappa shape index (κ2) is 3.08. The molecule has 0 aliphatic carbocycles. The fourth-order valence-electron chi connectivity index (χ4n) is 0.673. The van der Waals surface area contributed by atoms with Crippen LogP contribution in [0.15, 0.2) is 12.3 Å². The first-order chi connectivity index (χ1) is 5.61. The zero-order chi connectivity index (χ0) is 9.14. The Bertz CT molecular complexity index is 306. The van der Waals surface area contributed by atoms with Gasteiger partial charge in [-0.15, -0.1) is 0 Å². The van der Waals surface area contributed by atoms with Crippen LogP contribution in [0.1, 0.15) is 28.0 Å². The number of hydrogen-bond acceptors (Lipinski definition) is 4. The number of primary amides is 1. The molecule has 2 N–H and O–H groups in total. The molecule has 0 bridgehead atoms. The van der Waals surface area contributed by atoms with Crippen molar-refractivity contribution in [3.63, 3.8) is 0 Å². The molecule has 0 saturated carbocycles. The van der Waals surface area contributed by atoms with Crippen LogP contribution in [0.3, 0.4) is 0 Å². The lowest BCUT2D eigenvalue weighted by molar-refractivity contribution is 0.0989. The van der Waals surface area contributed by atoms with Gasteiger partial charge in [-0.3, -0.25) is 9.59 Å². The molecular formula is C7H7N3O2. The normalized spacial score (nSPS) is 9.42. The van der Waals surface area contributed by atoms with Crippen molar-refractivity contribution in [3.05, 3.63) is 23.8 Å². The molecule has 0 spiro atoms. The summed E-state index contributed by atoms with van der Waals surface area (Å²) in [6.07, 6.45) is 1.32. The molecule has 1 aromatic heterocycles. The maximum Gasteiger partial charge on any atom is 0.286 e. The summed E-state index contributed by atoms with van der Waals surface area (Å²) in [4.78, 5) is 28.6. The number of nitrogens with zero attached hydrogens (tertiary/aromatic N) is 2. The largest absolute Gasteiger partial charge is 0.363 e. The standard InChI is InChI=1S/C7H7N3O2/c1-4(11)5-2-3-9-7(10-5)6(8)12/h2-3H,1H3,(H2,8,12). The Kier molecular flexibility index (Phi) is 2.14. The van der Waals surface area contributed by atoms with Crippen molar-refractivity contribution in [2.45, 2.75) is 6.92 Å². The maximum atomic E-state index is 10.8. The van der Waals surface area contributed by atoms with Crippen molar-refractivity contribution in [2.24, 2.45) is 5.73 Å². The molecule has 5 heteroatoms. The third-order valence-electron chi connectivity index (χ3n) is 1.24. The van der Waals surface area contributed by atoms with Crippen LogP contribution in [0.4, 0.5) is 0 Å². The summed E-state index contributed by atoms with van der Waals surface area (Å²) in [6.45, 7) is 1.35. The molecule has 0 aliphatic heterocycles. The zero-order valence-electron chi connectivity index (χ0n) is 6.44. The summed E-state index contributed by atoms with van der Waals surface area (Å²) in [5.74, 6) is -1.10. The summed E-state index contributed by atoms with van der Waals surface area (Å²) < 4.78 is 0. The van der Waals surface area contributed by atoms with Crippen molar-refractivity contribution in [3.8, 4) is 0 Å². The van der Waals surface area contributed by atoms with E-state index in [9.17, 15) is 9.59 Å². The third-order valence-corrected chi connectivity index (χ3v) is 1.24. The minimum Gasteiger partial charge on any atom is -0.363 e. The molecule has 0 fully saturated rings. The van der Waals surface area contributed by atoms with E-state index in [1.165, 1.54) is 19.2 Å². The molecule has 0 aliphatic rings. The minimum atomic E-state index is -0.738. The van der Waals surface area contributed by atoms with E-state index in [4.69, 9.17) is 5.73 Å². The lowest BCUT2D eigenvalue weighted by Crippen LogP contribution is -2.16. The second-order valence-corrected chi connectivity index (χ2v) is 2.19. The van der Waals surface area contributed by atoms with Crippen molar-refractivity contribution in [1.82, 2.24) is 9.97 Å². The van der Waals surface area contributed by atoms with Gasteiger partial charge in [-0.2, -0.15) is 0 Å². The number of carbonyl (C=O) groups excluding carboxylic acids is 2. The molecule has 0 unspecified atom stereocenters. The molecule has 1 heterocycles. The van der Waals surface area contributed by atoms with Crippen LogP contribution in [-0.2, 0) is 0 Å². The SMILES string of the molecule is CC(=O)c1ccnc(C(N)=O)n1. The molecule has 0 saturated heterocycles. The monoisotopic (exact) mass is 165 g/mol. The first kappa shape index (κ1) is 8.32. The Hall–Kier alpha value is -1.78. The number of aromatic nitrogens is 2. The Balaban J connectivity index is 3.12. The molecule has 1 amide bonds. The highest BCUT2D eigenvalue weighted by atomic mass is 16.1. The predicted molar refractivity (Wildman–Crippen MR) is 40.6 cm³/mol. The van der Waals surface area contributed by atoms with Crippen LogP contribution in [0, 0.1) is 0 Å². The van der Waals surface area contributed by atoms with E-state index in [1.807, 2.05) is 0 Å². The summed E-state index contributed by atoms with van der Waals surface area (Å²) in [5.41, 5.74) is 5.10. The lowest BCUT2D eigenvalue weighted by Gasteiger charge is -1.95. The minimum absolute atomic E-state index is 0.136. The van der Waals surface area contributed by atoms with Gasteiger partial charge in [0.25, 0.3) is 5.91 Å². The van der Waals surface area contributed by atoms with Gasteiger partial charge in [0.1, 0.15) is 5.69 Å². The number of ketones is 1. The van der Waals surface area contributed by atoms with Crippen LogP contribution < -0.4 is 5.73 Å². The molecule has 12 heavy (non-hydrogen) atoms. The van der Waals surface area contributed by atoms with Crippen LogP contribution >= 0.6 is 0 Å². The molecule has 5 nitrogen and oxygen atoms in total. The maximum absolute atomic E-state index is 10.8. The second-order valence-electron chi connectivity index (χ2n) is 2.19. The first-order valence-corrected chi connectivity index (χ1v) is 3.25. The van der Waals surface area contributed by atoms with Crippen LogP contribution in [0.5, 0.6) is 0 Å². The molecule has 0 atom stereocenters. The third kappa shape index (κ3) is 1.63. The Morgan fingerprint density at radius 2 is 2.17 bits per heavy atom. The molecule has 1 aromatic rings. The van der Waals surface area contributed by atoms with Crippen LogP contribution in [0.2, 0.25) is 0 Å². The summed E-state index contributed by atoms with van der Waals surface area (Å²) in [7, 11) is 0. The van der Waals surface area contributed by atoms with Gasteiger partial charge < -0.3 is 5.73 Å². The van der Waals surface area contributed by atoms with Gasteiger partial charge in [0, 0.05) is 13.1 Å². The van der Waals surface area contributed by atoms with Crippen molar-refractivity contribution in [2.75, 3.05) is 0 Å². The number of Topliss-reactive ketones (excluding diaryl/α,β-unsaturated/α-hetero) is 1. The van der Waals surface area contributed by atoms with E-state index in [0.29, 0.717) is 0 Å². The van der Waals surface area contributed by atoms with Gasteiger partial charge in [0.05, 0.1) is 0 Å². The zero-order valence-corrected chi connectivity index (χ0v) is 6.44. The molecular weight excluding hydrogens is 158 g/mol. The van der Waals surface area contributed by atoms with E-state index in [2.05, 4.69) is 9.97 Å². The highest BCUT2D eigenvalue weighted by Gasteiger charge is 2.06. The highest BCUT2D eigenvalue weighted by Crippen LogP contribution is 1.95. The number of amides is 1. The van der Waals surface area contributed by atoms with Gasteiger partial charge in [-0.1, -0.05) is 0 Å². The van der Waals surface area contributed by atoms with Crippen molar-refractivity contribution < 1.29 is 9.59 Å². The quantitative estimate of drug-likeness (QED) is 0.613. The smallest absolute Gasteiger partial charge is 0.286 e. The van der Waals surface area contributed by atoms with Crippen molar-refractivity contribution in [1.29, 1.82) is 0 Å². The van der Waals surface area contributed by atoms with Gasteiger partial charge >= 0.3 is 0 Å². The lowest BCUT2D eigenvalue weighted by atomic mass is 10.3. The summed E-state index contributed by atoms with van der Waals surface area (Å²) >= 11 is 0. The predicted octanol–water partition coefficient (Wildman–Crippen LogP) is -0.222. The van der Waals surface area contributed by atoms with Crippen LogP contribution in [0.25, 0.3) is 0 Å². The number of carbonyl (C=O) groups is 2. The molecule has 0 aromatic carbocycles. The highest BCUT2D eigenvalue weighted by molar-refractivity contribution is 5.94. The molecule has 0 radical (unpaired) electrons. The average molecular weight is 165 g/mol. The van der Waals surface area contributed by atoms with E-state index in [-0.39, 0.29) is 17.3 Å². The van der Waals surface area contributed by atoms with Gasteiger partial charge in [-0.05, 0) is 6.07 Å². The van der Waals surface area contributed by atoms with Gasteiger partial charge in [-0.25, -0.2) is 9.97 Å². The van der Waals surface area contributed by atoms with Crippen LogP contribution in [-0.4, -0.2) is 21.7 Å².